The highest BCUT2D eigenvalue weighted by Crippen LogP contribution is 2.41. The molecular weight excluding hydrogens is 530 g/mol. The van der Waals surface area contributed by atoms with Crippen molar-refractivity contribution in [1.82, 2.24) is 9.78 Å². The van der Waals surface area contributed by atoms with Crippen LogP contribution in [0.15, 0.2) is 84.9 Å². The van der Waals surface area contributed by atoms with E-state index in [9.17, 15) is 14.7 Å². The van der Waals surface area contributed by atoms with Crippen molar-refractivity contribution in [3.63, 3.8) is 0 Å². The summed E-state index contributed by atoms with van der Waals surface area (Å²) in [5.41, 5.74) is 4.97. The van der Waals surface area contributed by atoms with Crippen LogP contribution in [0.25, 0.3) is 11.1 Å². The third-order valence-corrected chi connectivity index (χ3v) is 7.31. The lowest BCUT2D eigenvalue weighted by atomic mass is 10.1. The van der Waals surface area contributed by atoms with Crippen molar-refractivity contribution in [2.24, 2.45) is 0 Å². The number of para-hydroxylation sites is 1. The lowest BCUT2D eigenvalue weighted by molar-refractivity contribution is -0.119. The van der Waals surface area contributed by atoms with Gasteiger partial charge in [0.05, 0.1) is 42.2 Å². The highest BCUT2D eigenvalue weighted by molar-refractivity contribution is 6.34. The zero-order valence-electron chi connectivity index (χ0n) is 22.7. The topological polar surface area (TPSA) is 93.9 Å². The van der Waals surface area contributed by atoms with Gasteiger partial charge in [0.2, 0.25) is 5.91 Å². The largest absolute Gasteiger partial charge is 0.494 e. The first-order valence-electron chi connectivity index (χ1n) is 12.9. The summed E-state index contributed by atoms with van der Waals surface area (Å²) in [6.07, 6.45) is 6.21. The van der Waals surface area contributed by atoms with Gasteiger partial charge >= 0.3 is 5.97 Å². The number of carbonyl (C=O) groups excluding carboxylic acids is 1. The maximum Gasteiger partial charge on any atom is 0.337 e. The van der Waals surface area contributed by atoms with Crippen molar-refractivity contribution in [3.8, 4) is 16.9 Å². The summed E-state index contributed by atoms with van der Waals surface area (Å²) in [6.45, 7) is 13.1. The minimum absolute atomic E-state index is 0.00547. The first-order chi connectivity index (χ1) is 19.2. The number of carboxylic acid groups (broad SMARTS) is 1. The number of carbonyl (C=O) groups is 2. The van der Waals surface area contributed by atoms with Crippen LogP contribution in [0.2, 0.25) is 5.02 Å². The van der Waals surface area contributed by atoms with Gasteiger partial charge in [-0.3, -0.25) is 9.48 Å². The molecule has 0 fully saturated rings. The molecule has 40 heavy (non-hydrogen) atoms. The van der Waals surface area contributed by atoms with E-state index in [1.807, 2.05) is 38.2 Å². The molecule has 0 unspecified atom stereocenters. The molecular formula is C31H32ClN3O5. The van der Waals surface area contributed by atoms with E-state index in [1.54, 1.807) is 34.0 Å². The minimum atomic E-state index is -1.08. The molecule has 208 valence electrons. The highest BCUT2D eigenvalue weighted by Gasteiger charge is 2.26. The van der Waals surface area contributed by atoms with Crippen molar-refractivity contribution in [2.45, 2.75) is 33.2 Å². The molecule has 0 bridgehead atoms. The summed E-state index contributed by atoms with van der Waals surface area (Å²) in [6, 6.07) is 10.6. The molecule has 2 aromatic carbocycles. The molecule has 0 spiro atoms. The lowest BCUT2D eigenvalue weighted by Crippen LogP contribution is -2.38. The van der Waals surface area contributed by atoms with Gasteiger partial charge in [-0.05, 0) is 49.1 Å². The first kappa shape index (κ1) is 28.7. The number of benzene rings is 2. The lowest BCUT2D eigenvalue weighted by Gasteiger charge is -2.31. The predicted octanol–water partition coefficient (Wildman–Crippen LogP) is 6.51. The Morgan fingerprint density at radius 1 is 1.23 bits per heavy atom. The monoisotopic (exact) mass is 561 g/mol. The average molecular weight is 562 g/mol. The molecule has 9 heteroatoms. The minimum Gasteiger partial charge on any atom is -0.494 e. The van der Waals surface area contributed by atoms with Crippen molar-refractivity contribution in [1.29, 1.82) is 0 Å². The maximum absolute atomic E-state index is 13.2. The van der Waals surface area contributed by atoms with Gasteiger partial charge in [0.1, 0.15) is 12.4 Å². The molecule has 1 N–H and O–H groups in total. The molecule has 3 aromatic rings. The standard InChI is InChI=1S/C31H32ClN3O5/c1-5-20(2)21(3)22(4)39-15-8-13-28(36)35-14-16-40-30-25(10-7-12-27(30)35)24-17-33-34(19-24)18-23-9-6-11-26(29(23)32)31(37)38/h5-7,9-12,17,19H,1,4,8,13-16,18H2,2-3H3,(H,37,38)/b21-20-. The second kappa shape index (κ2) is 12.7. The van der Waals surface area contributed by atoms with E-state index in [0.29, 0.717) is 61.9 Å². The molecule has 1 aliphatic heterocycles. The molecule has 0 radical (unpaired) electrons. The van der Waals surface area contributed by atoms with Crippen LogP contribution in [-0.2, 0) is 16.1 Å². The molecule has 0 aliphatic carbocycles. The maximum atomic E-state index is 13.2. The van der Waals surface area contributed by atoms with Gasteiger partial charge in [-0.2, -0.15) is 5.10 Å². The Bertz CT molecular complexity index is 1490. The number of anilines is 1. The van der Waals surface area contributed by atoms with Crippen LogP contribution in [0.3, 0.4) is 0 Å². The second-order valence-electron chi connectivity index (χ2n) is 9.45. The fraction of sp³-hybridized carbons (Fsp3) is 0.258. The molecule has 1 aliphatic rings. The van der Waals surface area contributed by atoms with E-state index in [-0.39, 0.29) is 16.5 Å². The molecule has 1 amide bonds. The SMILES string of the molecule is C=C/C(C)=C(/C)C(=C)OCCCC(=O)N1CCOc2c(-c3cnn(Cc4cccc(C(=O)O)c4Cl)c3)cccc21. The quantitative estimate of drug-likeness (QED) is 0.163. The molecule has 4 rings (SSSR count). The zero-order valence-corrected chi connectivity index (χ0v) is 23.4. The Kier molecular flexibility index (Phi) is 9.11. The van der Waals surface area contributed by atoms with Gasteiger partial charge in [-0.25, -0.2) is 4.79 Å². The van der Waals surface area contributed by atoms with Crippen LogP contribution in [0.1, 0.15) is 42.6 Å². The molecule has 2 heterocycles. The van der Waals surface area contributed by atoms with E-state index in [2.05, 4.69) is 18.3 Å². The number of fused-ring (bicyclic) bond motifs is 1. The van der Waals surface area contributed by atoms with Crippen LogP contribution in [0.4, 0.5) is 5.69 Å². The van der Waals surface area contributed by atoms with Gasteiger partial charge in [-0.1, -0.05) is 55.1 Å². The Labute approximate surface area is 238 Å². The second-order valence-corrected chi connectivity index (χ2v) is 9.82. The summed E-state index contributed by atoms with van der Waals surface area (Å²) in [7, 11) is 0. The van der Waals surface area contributed by atoms with Gasteiger partial charge in [0.25, 0.3) is 0 Å². The first-order valence-corrected chi connectivity index (χ1v) is 13.3. The third-order valence-electron chi connectivity index (χ3n) is 6.86. The molecule has 0 saturated carbocycles. The summed E-state index contributed by atoms with van der Waals surface area (Å²) in [5, 5.41) is 14.0. The summed E-state index contributed by atoms with van der Waals surface area (Å²) >= 11 is 6.31. The van der Waals surface area contributed by atoms with Crippen LogP contribution in [0, 0.1) is 0 Å². The van der Waals surface area contributed by atoms with Gasteiger partial charge < -0.3 is 19.5 Å². The third kappa shape index (κ3) is 6.29. The number of halogens is 1. The molecule has 1 aromatic heterocycles. The van der Waals surface area contributed by atoms with Crippen LogP contribution < -0.4 is 9.64 Å². The van der Waals surface area contributed by atoms with Crippen LogP contribution in [0.5, 0.6) is 5.75 Å². The number of ether oxygens (including phenoxy) is 2. The fourth-order valence-corrected chi connectivity index (χ4v) is 4.67. The van der Waals surface area contributed by atoms with Crippen molar-refractivity contribution in [2.75, 3.05) is 24.7 Å². The van der Waals surface area contributed by atoms with Crippen molar-refractivity contribution >= 4 is 29.2 Å². The number of hydrogen-bond acceptors (Lipinski definition) is 5. The highest BCUT2D eigenvalue weighted by atomic mass is 35.5. The number of allylic oxidation sites excluding steroid dienone is 3. The molecule has 8 nitrogen and oxygen atoms in total. The normalized spacial score (nSPS) is 13.1. The summed E-state index contributed by atoms with van der Waals surface area (Å²) < 4.78 is 13.5. The Morgan fingerprint density at radius 3 is 2.75 bits per heavy atom. The number of amides is 1. The summed E-state index contributed by atoms with van der Waals surface area (Å²) in [4.78, 5) is 26.3. The summed E-state index contributed by atoms with van der Waals surface area (Å²) in [5.74, 6) is 0.125. The van der Waals surface area contributed by atoms with Crippen molar-refractivity contribution < 1.29 is 24.2 Å². The van der Waals surface area contributed by atoms with Crippen LogP contribution in [-0.4, -0.2) is 46.5 Å². The molecule has 0 saturated heterocycles. The number of aromatic carboxylic acids is 1. The average Bonchev–Trinajstić information content (AvgIpc) is 3.42. The number of rotatable bonds is 11. The molecule has 0 atom stereocenters. The van der Waals surface area contributed by atoms with E-state index in [1.165, 1.54) is 6.07 Å². The van der Waals surface area contributed by atoms with E-state index < -0.39 is 5.97 Å². The number of carboxylic acids is 1. The number of hydrogen-bond donors (Lipinski definition) is 1. The van der Waals surface area contributed by atoms with E-state index in [4.69, 9.17) is 21.1 Å². The fourth-order valence-electron chi connectivity index (χ4n) is 4.40. The van der Waals surface area contributed by atoms with Gasteiger partial charge in [0.15, 0.2) is 5.75 Å². The van der Waals surface area contributed by atoms with Crippen LogP contribution >= 0.6 is 11.6 Å². The smallest absolute Gasteiger partial charge is 0.337 e. The Morgan fingerprint density at radius 2 is 2.00 bits per heavy atom. The number of nitrogens with zero attached hydrogens (tertiary/aromatic N) is 3. The Balaban J connectivity index is 1.45. The van der Waals surface area contributed by atoms with E-state index >= 15 is 0 Å². The zero-order chi connectivity index (χ0) is 28.8. The number of aromatic nitrogens is 2. The van der Waals surface area contributed by atoms with E-state index in [0.717, 1.165) is 22.3 Å². The van der Waals surface area contributed by atoms with Gasteiger partial charge in [-0.15, -0.1) is 0 Å². The van der Waals surface area contributed by atoms with Gasteiger partial charge in [0, 0.05) is 23.7 Å². The predicted molar refractivity (Wildman–Crippen MR) is 156 cm³/mol. The Hall–Kier alpha value is -4.30. The van der Waals surface area contributed by atoms with Crippen molar-refractivity contribution in [3.05, 3.63) is 101 Å².